The van der Waals surface area contributed by atoms with E-state index in [0.717, 1.165) is 5.56 Å². The predicted molar refractivity (Wildman–Crippen MR) is 97.1 cm³/mol. The number of carbonyl (C=O) groups is 1. The summed E-state index contributed by atoms with van der Waals surface area (Å²) in [6.45, 7) is -1.85. The fourth-order valence-electron chi connectivity index (χ4n) is 3.74. The van der Waals surface area contributed by atoms with E-state index >= 15 is 0 Å². The second-order valence-electron chi connectivity index (χ2n) is 7.94. The van der Waals surface area contributed by atoms with Crippen LogP contribution in [0.1, 0.15) is 5.56 Å². The first-order chi connectivity index (χ1) is 15.5. The lowest BCUT2D eigenvalue weighted by Gasteiger charge is -2.52. The summed E-state index contributed by atoms with van der Waals surface area (Å²) in [5.74, 6) is -39.3. The fourth-order valence-corrected chi connectivity index (χ4v) is 3.74. The Morgan fingerprint density at radius 1 is 0.706 bits per heavy atom. The van der Waals surface area contributed by atoms with Crippen LogP contribution in [0, 0.1) is 0 Å². The Balaban J connectivity index is 1.80. The van der Waals surface area contributed by atoms with Crippen molar-refractivity contribution in [3.8, 4) is 0 Å². The molecule has 2 fully saturated rings. The van der Waals surface area contributed by atoms with Crippen LogP contribution in [0.3, 0.4) is 0 Å². The average Bonchev–Trinajstić information content (AvgIpc) is 2.77. The van der Waals surface area contributed by atoms with Gasteiger partial charge in [0.15, 0.2) is 0 Å². The number of alkyl halides is 11. The van der Waals surface area contributed by atoms with Crippen LogP contribution in [0.25, 0.3) is 6.08 Å². The summed E-state index contributed by atoms with van der Waals surface area (Å²) in [5, 5.41) is 0. The van der Waals surface area contributed by atoms with Crippen molar-refractivity contribution in [3.05, 3.63) is 42.0 Å². The van der Waals surface area contributed by atoms with Crippen LogP contribution in [-0.2, 0) is 4.79 Å². The molecule has 34 heavy (non-hydrogen) atoms. The Labute approximate surface area is 185 Å². The zero-order valence-corrected chi connectivity index (χ0v) is 17.0. The average molecular weight is 510 g/mol. The number of piperazine rings is 1. The molecule has 0 spiro atoms. The van der Waals surface area contributed by atoms with E-state index in [1.807, 2.05) is 0 Å². The van der Waals surface area contributed by atoms with Gasteiger partial charge in [0.2, 0.25) is 0 Å². The van der Waals surface area contributed by atoms with E-state index in [1.54, 1.807) is 47.4 Å². The van der Waals surface area contributed by atoms with Crippen molar-refractivity contribution in [3.63, 3.8) is 0 Å². The summed E-state index contributed by atoms with van der Waals surface area (Å²) in [6, 6.07) is 8.84. The zero-order chi connectivity index (χ0) is 25.8. The van der Waals surface area contributed by atoms with Gasteiger partial charge in [0.05, 0.1) is 0 Å². The molecular formula is C20H17F11N2O. The molecule has 1 saturated heterocycles. The lowest BCUT2D eigenvalue weighted by atomic mass is 9.71. The van der Waals surface area contributed by atoms with Gasteiger partial charge in [0.1, 0.15) is 0 Å². The van der Waals surface area contributed by atoms with E-state index in [9.17, 15) is 53.1 Å². The van der Waals surface area contributed by atoms with E-state index in [1.165, 1.54) is 0 Å². The lowest BCUT2D eigenvalue weighted by Crippen LogP contribution is -2.86. The number of hydrogen-bond acceptors (Lipinski definition) is 2. The van der Waals surface area contributed by atoms with E-state index in [0.29, 0.717) is 0 Å². The third kappa shape index (κ3) is 3.31. The minimum atomic E-state index is -7.34. The summed E-state index contributed by atoms with van der Waals surface area (Å²) in [7, 11) is 0. The quantitative estimate of drug-likeness (QED) is 0.547. The summed E-state index contributed by atoms with van der Waals surface area (Å²) in [4.78, 5) is 13.7. The number of benzene rings is 1. The molecule has 0 atom stereocenters. The molecule has 1 aromatic rings. The van der Waals surface area contributed by atoms with Crippen molar-refractivity contribution in [2.75, 3.05) is 32.7 Å². The molecule has 0 unspecified atom stereocenters. The standard InChI is InChI=1S/C20H17F11N2O/c21-15(16(22,23)18(26,27)20(30,31)19(28,29)17(15,24)25)14(34)33-11-9-32(10-12-33)8-4-7-13-5-2-1-3-6-13/h1-7H,8-12H2/b7-4+. The third-order valence-electron chi connectivity index (χ3n) is 5.87. The van der Waals surface area contributed by atoms with Gasteiger partial charge in [0, 0.05) is 32.7 Å². The first-order valence-corrected chi connectivity index (χ1v) is 9.78. The van der Waals surface area contributed by atoms with Crippen molar-refractivity contribution in [2.24, 2.45) is 0 Å². The highest BCUT2D eigenvalue weighted by molar-refractivity contribution is 5.89. The van der Waals surface area contributed by atoms with Crippen LogP contribution in [0.5, 0.6) is 0 Å². The molecule has 190 valence electrons. The Morgan fingerprint density at radius 3 is 1.62 bits per heavy atom. The molecular weight excluding hydrogens is 493 g/mol. The van der Waals surface area contributed by atoms with Crippen LogP contribution in [0.2, 0.25) is 0 Å². The van der Waals surface area contributed by atoms with Gasteiger partial charge in [-0.25, -0.2) is 4.39 Å². The molecule has 1 amide bonds. The molecule has 1 aliphatic heterocycles. The molecule has 0 aromatic heterocycles. The first-order valence-electron chi connectivity index (χ1n) is 9.78. The minimum Gasteiger partial charge on any atom is -0.337 e. The zero-order valence-electron chi connectivity index (χ0n) is 17.0. The monoisotopic (exact) mass is 510 g/mol. The highest BCUT2D eigenvalue weighted by atomic mass is 19.4. The second-order valence-corrected chi connectivity index (χ2v) is 7.94. The number of nitrogens with zero attached hydrogens (tertiary/aromatic N) is 2. The highest BCUT2D eigenvalue weighted by Gasteiger charge is 3.03. The number of rotatable bonds is 4. The smallest absolute Gasteiger partial charge is 0.337 e. The van der Waals surface area contributed by atoms with E-state index in [4.69, 9.17) is 0 Å². The molecule has 1 aromatic carbocycles. The molecule has 3 nitrogen and oxygen atoms in total. The molecule has 1 aliphatic carbocycles. The fraction of sp³-hybridized carbons (Fsp3) is 0.550. The molecule has 0 radical (unpaired) electrons. The topological polar surface area (TPSA) is 23.6 Å². The van der Waals surface area contributed by atoms with Crippen LogP contribution in [0.4, 0.5) is 48.3 Å². The normalized spacial score (nSPS) is 27.0. The van der Waals surface area contributed by atoms with Crippen molar-refractivity contribution in [1.82, 2.24) is 9.80 Å². The van der Waals surface area contributed by atoms with Crippen LogP contribution >= 0.6 is 0 Å². The molecule has 0 N–H and O–H groups in total. The number of carbonyl (C=O) groups excluding carboxylic acids is 1. The van der Waals surface area contributed by atoms with Gasteiger partial charge in [-0.15, -0.1) is 0 Å². The van der Waals surface area contributed by atoms with Crippen molar-refractivity contribution in [2.45, 2.75) is 35.3 Å². The SMILES string of the molecule is O=C(N1CCN(C/C=C/c2ccccc2)CC1)C1(F)C(F)(F)C(F)(F)C(F)(F)C(F)(F)C1(F)F. The summed E-state index contributed by atoms with van der Waals surface area (Å²) in [6.07, 6.45) is 3.34. The Hall–Kier alpha value is -2.38. The Kier molecular flexibility index (Phi) is 6.24. The maximum Gasteiger partial charge on any atom is 0.384 e. The van der Waals surface area contributed by atoms with Gasteiger partial charge < -0.3 is 4.90 Å². The second kappa shape index (κ2) is 8.09. The third-order valence-corrected chi connectivity index (χ3v) is 5.87. The van der Waals surface area contributed by atoms with Crippen molar-refractivity contribution >= 4 is 12.0 Å². The van der Waals surface area contributed by atoms with Gasteiger partial charge >= 0.3 is 35.3 Å². The molecule has 3 rings (SSSR count). The predicted octanol–water partition coefficient (Wildman–Crippen LogP) is 4.74. The lowest BCUT2D eigenvalue weighted by molar-refractivity contribution is -0.477. The van der Waals surface area contributed by atoms with Gasteiger partial charge in [-0.05, 0) is 5.56 Å². The molecule has 2 aliphatic rings. The van der Waals surface area contributed by atoms with Crippen molar-refractivity contribution in [1.29, 1.82) is 0 Å². The molecule has 0 bridgehead atoms. The first kappa shape index (κ1) is 26.2. The van der Waals surface area contributed by atoms with Gasteiger partial charge in [-0.1, -0.05) is 42.5 Å². The summed E-state index contributed by atoms with van der Waals surface area (Å²) in [5.41, 5.74) is -5.81. The van der Waals surface area contributed by atoms with Crippen molar-refractivity contribution < 1.29 is 53.1 Å². The summed E-state index contributed by atoms with van der Waals surface area (Å²) < 4.78 is 152. The van der Waals surface area contributed by atoms with Gasteiger partial charge in [-0.2, -0.15) is 43.9 Å². The number of amides is 1. The van der Waals surface area contributed by atoms with Gasteiger partial charge in [0.25, 0.3) is 5.91 Å². The van der Waals surface area contributed by atoms with Crippen LogP contribution in [-0.4, -0.2) is 83.7 Å². The van der Waals surface area contributed by atoms with E-state index in [-0.39, 0.29) is 24.5 Å². The van der Waals surface area contributed by atoms with E-state index < -0.39 is 54.3 Å². The van der Waals surface area contributed by atoms with Gasteiger partial charge in [-0.3, -0.25) is 9.69 Å². The highest BCUT2D eigenvalue weighted by Crippen LogP contribution is 2.69. The molecule has 1 saturated carbocycles. The Bertz CT molecular complexity index is 911. The van der Waals surface area contributed by atoms with Crippen LogP contribution in [0.15, 0.2) is 36.4 Å². The summed E-state index contributed by atoms with van der Waals surface area (Å²) >= 11 is 0. The molecule has 14 heteroatoms. The number of hydrogen-bond donors (Lipinski definition) is 0. The maximum atomic E-state index is 14.9. The largest absolute Gasteiger partial charge is 0.384 e. The number of halogens is 11. The molecule has 1 heterocycles. The Morgan fingerprint density at radius 2 is 1.15 bits per heavy atom. The van der Waals surface area contributed by atoms with E-state index in [2.05, 4.69) is 0 Å². The minimum absolute atomic E-state index is 0.0746. The maximum absolute atomic E-state index is 14.9. The van der Waals surface area contributed by atoms with Crippen LogP contribution < -0.4 is 0 Å².